The van der Waals surface area contributed by atoms with Crippen LogP contribution in [0.25, 0.3) is 0 Å². The molecule has 1 aromatic carbocycles. The van der Waals surface area contributed by atoms with Crippen molar-refractivity contribution in [3.63, 3.8) is 0 Å². The molecule has 2 aromatic heterocycles. The Hall–Kier alpha value is -2.94. The number of carbonyl (C=O) groups excluding carboxylic acids is 1. The number of rotatable bonds is 6. The minimum absolute atomic E-state index is 0.0986. The van der Waals surface area contributed by atoms with Crippen LogP contribution in [0.5, 0.6) is 11.5 Å². The second-order valence-electron chi connectivity index (χ2n) is 5.49. The average Bonchev–Trinajstić information content (AvgIpc) is 3.03. The molecule has 2 heterocycles. The normalized spacial score (nSPS) is 10.7. The van der Waals surface area contributed by atoms with E-state index in [0.717, 1.165) is 10.7 Å². The van der Waals surface area contributed by atoms with Crippen molar-refractivity contribution in [3.05, 3.63) is 68.4 Å². The van der Waals surface area contributed by atoms with Gasteiger partial charge in [0.2, 0.25) is 5.43 Å². The van der Waals surface area contributed by atoms with E-state index in [2.05, 4.69) is 26.2 Å². The standard InChI is InChI=1S/C17H14BrN3O5/c1-10(22)14-3-2-11(18)4-17(14)26-8-12-6-21(20-19-12)7-13-5-15(23)16(24)9-25-13/h2-6,9,24H,7-8H2,1H3. The Kier molecular flexibility index (Phi) is 5.17. The third-order valence-corrected chi connectivity index (χ3v) is 3.96. The zero-order valence-electron chi connectivity index (χ0n) is 13.7. The summed E-state index contributed by atoms with van der Waals surface area (Å²) in [6, 6.07) is 6.36. The van der Waals surface area contributed by atoms with E-state index in [9.17, 15) is 14.7 Å². The summed E-state index contributed by atoms with van der Waals surface area (Å²) in [7, 11) is 0. The van der Waals surface area contributed by atoms with Gasteiger partial charge in [-0.05, 0) is 25.1 Å². The molecule has 0 spiro atoms. The highest BCUT2D eigenvalue weighted by atomic mass is 79.9. The van der Waals surface area contributed by atoms with Crippen LogP contribution in [0.15, 0.2) is 50.4 Å². The van der Waals surface area contributed by atoms with Gasteiger partial charge in [-0.25, -0.2) is 4.68 Å². The summed E-state index contributed by atoms with van der Waals surface area (Å²) in [5.41, 5.74) is 0.494. The van der Waals surface area contributed by atoms with E-state index in [1.54, 1.807) is 24.4 Å². The fourth-order valence-corrected chi connectivity index (χ4v) is 2.57. The van der Waals surface area contributed by atoms with Crippen molar-refractivity contribution in [1.82, 2.24) is 15.0 Å². The van der Waals surface area contributed by atoms with Gasteiger partial charge in [-0.15, -0.1) is 5.10 Å². The van der Waals surface area contributed by atoms with E-state index >= 15 is 0 Å². The van der Waals surface area contributed by atoms with E-state index < -0.39 is 11.2 Å². The third kappa shape index (κ3) is 4.17. The van der Waals surface area contributed by atoms with Gasteiger partial charge < -0.3 is 14.3 Å². The Morgan fingerprint density at radius 2 is 2.19 bits per heavy atom. The lowest BCUT2D eigenvalue weighted by Gasteiger charge is -2.08. The van der Waals surface area contributed by atoms with Crippen molar-refractivity contribution in [3.8, 4) is 11.5 Å². The van der Waals surface area contributed by atoms with Crippen LogP contribution >= 0.6 is 15.9 Å². The van der Waals surface area contributed by atoms with Crippen molar-refractivity contribution in [2.75, 3.05) is 0 Å². The molecule has 0 unspecified atom stereocenters. The summed E-state index contributed by atoms with van der Waals surface area (Å²) in [6.45, 7) is 1.77. The predicted molar refractivity (Wildman–Crippen MR) is 94.2 cm³/mol. The molecule has 0 fully saturated rings. The molecule has 3 rings (SSSR count). The highest BCUT2D eigenvalue weighted by Gasteiger charge is 2.11. The molecule has 8 nitrogen and oxygen atoms in total. The minimum atomic E-state index is -0.527. The van der Waals surface area contributed by atoms with Crippen molar-refractivity contribution < 1.29 is 19.1 Å². The monoisotopic (exact) mass is 419 g/mol. The molecule has 26 heavy (non-hydrogen) atoms. The summed E-state index contributed by atoms with van der Waals surface area (Å²) in [5.74, 6) is 0.234. The average molecular weight is 420 g/mol. The Morgan fingerprint density at radius 3 is 2.92 bits per heavy atom. The van der Waals surface area contributed by atoms with Crippen LogP contribution in [-0.4, -0.2) is 25.9 Å². The lowest BCUT2D eigenvalue weighted by molar-refractivity contribution is 0.101. The molecule has 134 valence electrons. The van der Waals surface area contributed by atoms with Crippen molar-refractivity contribution in [1.29, 1.82) is 0 Å². The largest absolute Gasteiger partial charge is 0.502 e. The van der Waals surface area contributed by atoms with Gasteiger partial charge in [0, 0.05) is 10.5 Å². The number of hydrogen-bond donors (Lipinski definition) is 1. The predicted octanol–water partition coefficient (Wildman–Crippen LogP) is 2.53. The van der Waals surface area contributed by atoms with E-state index in [1.165, 1.54) is 17.7 Å². The van der Waals surface area contributed by atoms with Gasteiger partial charge in [0.1, 0.15) is 36.6 Å². The third-order valence-electron chi connectivity index (χ3n) is 3.47. The molecule has 0 aliphatic rings. The zero-order chi connectivity index (χ0) is 18.7. The van der Waals surface area contributed by atoms with Crippen LogP contribution < -0.4 is 10.2 Å². The van der Waals surface area contributed by atoms with Crippen molar-refractivity contribution in [2.24, 2.45) is 0 Å². The Morgan fingerprint density at radius 1 is 1.38 bits per heavy atom. The van der Waals surface area contributed by atoms with Gasteiger partial charge in [0.15, 0.2) is 11.5 Å². The smallest absolute Gasteiger partial charge is 0.226 e. The van der Waals surface area contributed by atoms with E-state index in [-0.39, 0.29) is 18.9 Å². The van der Waals surface area contributed by atoms with Crippen LogP contribution in [0.3, 0.4) is 0 Å². The molecule has 0 radical (unpaired) electrons. The number of benzene rings is 1. The maximum atomic E-state index is 11.7. The van der Waals surface area contributed by atoms with Crippen LogP contribution in [0, 0.1) is 0 Å². The first-order chi connectivity index (χ1) is 12.4. The number of hydrogen-bond acceptors (Lipinski definition) is 7. The maximum Gasteiger partial charge on any atom is 0.226 e. The molecule has 0 saturated heterocycles. The lowest BCUT2D eigenvalue weighted by Crippen LogP contribution is -2.05. The van der Waals surface area contributed by atoms with Gasteiger partial charge in [-0.1, -0.05) is 21.1 Å². The first-order valence-corrected chi connectivity index (χ1v) is 8.34. The topological polar surface area (TPSA) is 107 Å². The number of Topliss-reactive ketones (excluding diaryl/α,β-unsaturated/α-hetero) is 1. The van der Waals surface area contributed by atoms with Crippen molar-refractivity contribution in [2.45, 2.75) is 20.1 Å². The first kappa shape index (κ1) is 17.9. The molecule has 0 amide bonds. The van der Waals surface area contributed by atoms with Crippen LogP contribution in [0.2, 0.25) is 0 Å². The zero-order valence-corrected chi connectivity index (χ0v) is 15.3. The number of nitrogens with zero attached hydrogens (tertiary/aromatic N) is 3. The fourth-order valence-electron chi connectivity index (χ4n) is 2.23. The van der Waals surface area contributed by atoms with E-state index in [4.69, 9.17) is 9.15 Å². The number of ketones is 1. The quantitative estimate of drug-likeness (QED) is 0.611. The number of aromatic hydroxyl groups is 1. The van der Waals surface area contributed by atoms with E-state index in [0.29, 0.717) is 22.8 Å². The molecule has 0 aliphatic carbocycles. The molecular formula is C17H14BrN3O5. The van der Waals surface area contributed by atoms with Crippen LogP contribution in [-0.2, 0) is 13.2 Å². The number of aromatic nitrogens is 3. The lowest BCUT2D eigenvalue weighted by atomic mass is 10.1. The molecule has 0 saturated carbocycles. The Labute approximate surface area is 156 Å². The molecular weight excluding hydrogens is 406 g/mol. The number of ether oxygens (including phenoxy) is 1. The SMILES string of the molecule is CC(=O)c1ccc(Br)cc1OCc1cn(Cc2cc(=O)c(O)co2)nn1. The maximum absolute atomic E-state index is 11.7. The molecule has 3 aromatic rings. The number of halogens is 1. The minimum Gasteiger partial charge on any atom is -0.502 e. The van der Waals surface area contributed by atoms with E-state index in [1.807, 2.05) is 0 Å². The van der Waals surface area contributed by atoms with Gasteiger partial charge in [0.05, 0.1) is 11.8 Å². The molecule has 0 aliphatic heterocycles. The van der Waals surface area contributed by atoms with Gasteiger partial charge >= 0.3 is 0 Å². The summed E-state index contributed by atoms with van der Waals surface area (Å²) in [6.07, 6.45) is 2.62. The van der Waals surface area contributed by atoms with Gasteiger partial charge in [-0.3, -0.25) is 9.59 Å². The second-order valence-corrected chi connectivity index (χ2v) is 6.40. The van der Waals surface area contributed by atoms with Crippen molar-refractivity contribution >= 4 is 21.7 Å². The second kappa shape index (κ2) is 7.52. The highest BCUT2D eigenvalue weighted by Crippen LogP contribution is 2.25. The Balaban J connectivity index is 1.69. The fraction of sp³-hybridized carbons (Fsp3) is 0.176. The summed E-state index contributed by atoms with van der Waals surface area (Å²) < 4.78 is 13.1. The summed E-state index contributed by atoms with van der Waals surface area (Å²) in [4.78, 5) is 23.1. The van der Waals surface area contributed by atoms with Gasteiger partial charge in [0.25, 0.3) is 0 Å². The molecule has 0 bridgehead atoms. The first-order valence-electron chi connectivity index (χ1n) is 7.55. The highest BCUT2D eigenvalue weighted by molar-refractivity contribution is 9.10. The Bertz CT molecular complexity index is 1010. The molecule has 9 heteroatoms. The summed E-state index contributed by atoms with van der Waals surface area (Å²) >= 11 is 3.35. The summed E-state index contributed by atoms with van der Waals surface area (Å²) in [5, 5.41) is 17.1. The van der Waals surface area contributed by atoms with Crippen LogP contribution in [0.4, 0.5) is 0 Å². The van der Waals surface area contributed by atoms with Gasteiger partial charge in [-0.2, -0.15) is 0 Å². The van der Waals surface area contributed by atoms with Crippen LogP contribution in [0.1, 0.15) is 28.7 Å². The number of carbonyl (C=O) groups is 1. The molecule has 1 N–H and O–H groups in total. The molecule has 0 atom stereocenters.